The van der Waals surface area contributed by atoms with Crippen LogP contribution in [0.5, 0.6) is 11.5 Å². The molecule has 45 heavy (non-hydrogen) atoms. The van der Waals surface area contributed by atoms with Gasteiger partial charge in [0, 0.05) is 41.7 Å². The Hall–Kier alpha value is -3.56. The number of ether oxygens (including phenoxy) is 3. The summed E-state index contributed by atoms with van der Waals surface area (Å²) in [6, 6.07) is 15.9. The normalized spacial score (nSPS) is 11.2. The first-order chi connectivity index (χ1) is 21.6. The van der Waals surface area contributed by atoms with Gasteiger partial charge in [0.05, 0.1) is 20.8 Å². The molecule has 0 fully saturated rings. The minimum absolute atomic E-state index is 0.0326. The number of rotatable bonds is 17. The van der Waals surface area contributed by atoms with Crippen LogP contribution in [0.1, 0.15) is 79.3 Å². The smallest absolute Gasteiger partial charge is 0.322 e. The fraction of sp³-hybridized carbons (Fsp3) is 0.500. The van der Waals surface area contributed by atoms with Crippen molar-refractivity contribution < 1.29 is 23.8 Å². The summed E-state index contributed by atoms with van der Waals surface area (Å²) in [6.45, 7) is 15.0. The number of aryl methyl sites for hydroxylation is 1. The van der Waals surface area contributed by atoms with Crippen molar-refractivity contribution in [3.63, 3.8) is 0 Å². The van der Waals surface area contributed by atoms with Gasteiger partial charge in [-0.1, -0.05) is 52.0 Å². The van der Waals surface area contributed by atoms with E-state index in [1.807, 2.05) is 36.1 Å². The molecule has 0 aliphatic rings. The van der Waals surface area contributed by atoms with Crippen LogP contribution in [-0.2, 0) is 22.5 Å². The number of anilines is 1. The molecule has 0 saturated heterocycles. The fourth-order valence-corrected chi connectivity index (χ4v) is 6.16. The maximum absolute atomic E-state index is 14.0. The second-order valence-electron chi connectivity index (χ2n) is 11.8. The van der Waals surface area contributed by atoms with E-state index < -0.39 is 0 Å². The number of carbonyl (C=O) groups is 2. The molecule has 246 valence electrons. The van der Waals surface area contributed by atoms with E-state index in [4.69, 9.17) is 14.2 Å². The Kier molecular flexibility index (Phi) is 14.2. The van der Waals surface area contributed by atoms with E-state index in [1.165, 1.54) is 4.88 Å². The van der Waals surface area contributed by atoms with E-state index in [2.05, 4.69) is 64.2 Å². The van der Waals surface area contributed by atoms with Gasteiger partial charge in [0.25, 0.3) is 0 Å². The third-order valence-corrected chi connectivity index (χ3v) is 8.74. The van der Waals surface area contributed by atoms with Crippen molar-refractivity contribution in [2.45, 2.75) is 72.8 Å². The van der Waals surface area contributed by atoms with Crippen molar-refractivity contribution in [1.82, 2.24) is 9.80 Å². The second kappa shape index (κ2) is 17.8. The number of benzene rings is 2. The van der Waals surface area contributed by atoms with Crippen LogP contribution >= 0.6 is 11.3 Å². The summed E-state index contributed by atoms with van der Waals surface area (Å²) in [5, 5.41) is 3.21. The Morgan fingerprint density at radius 1 is 0.889 bits per heavy atom. The Morgan fingerprint density at radius 3 is 2.16 bits per heavy atom. The van der Waals surface area contributed by atoms with Gasteiger partial charge in [-0.25, -0.2) is 4.79 Å². The van der Waals surface area contributed by atoms with Gasteiger partial charge in [-0.2, -0.15) is 0 Å². The monoisotopic (exact) mass is 637 g/mol. The van der Waals surface area contributed by atoms with Gasteiger partial charge in [-0.05, 0) is 79.5 Å². The van der Waals surface area contributed by atoms with E-state index in [9.17, 15) is 9.59 Å². The van der Waals surface area contributed by atoms with Crippen LogP contribution in [0.4, 0.5) is 10.5 Å². The number of methoxy groups -OCH3 is 2. The molecule has 0 aliphatic carbocycles. The number of nitrogens with zero attached hydrogens (tertiary/aromatic N) is 2. The van der Waals surface area contributed by atoms with Crippen LogP contribution in [0.15, 0.2) is 48.5 Å². The Balaban J connectivity index is 1.86. The van der Waals surface area contributed by atoms with Crippen molar-refractivity contribution in [2.24, 2.45) is 0 Å². The largest absolute Gasteiger partial charge is 0.493 e. The van der Waals surface area contributed by atoms with E-state index in [0.717, 1.165) is 27.3 Å². The highest BCUT2D eigenvalue weighted by molar-refractivity contribution is 7.11. The van der Waals surface area contributed by atoms with Gasteiger partial charge in [-0.15, -0.1) is 11.3 Å². The number of amides is 3. The van der Waals surface area contributed by atoms with Gasteiger partial charge in [0.1, 0.15) is 6.54 Å². The molecule has 1 heterocycles. The van der Waals surface area contributed by atoms with Gasteiger partial charge in [0.15, 0.2) is 11.5 Å². The Morgan fingerprint density at radius 2 is 1.58 bits per heavy atom. The van der Waals surface area contributed by atoms with Crippen LogP contribution in [-0.4, -0.2) is 68.8 Å². The second-order valence-corrected chi connectivity index (χ2v) is 13.2. The molecule has 3 rings (SSSR count). The lowest BCUT2D eigenvalue weighted by atomic mass is 9.93. The first kappa shape index (κ1) is 35.9. The standard InChI is InChI=1S/C36H51N3O5S/c1-9-44-21-11-19-39(36(41)37-35-30(25(2)3)12-10-13-31(35)26(4)5)24-34(40)38(23-29-16-14-27(6)45-29)20-18-28-15-17-32(42-7)33(22-28)43-8/h10,12-17,22,25-26H,9,11,18-21,23-24H2,1-8H3,(H,37,41). The average Bonchev–Trinajstić information content (AvgIpc) is 3.44. The van der Waals surface area contributed by atoms with Crippen molar-refractivity contribution in [3.8, 4) is 11.5 Å². The summed E-state index contributed by atoms with van der Waals surface area (Å²) in [4.78, 5) is 33.8. The predicted octanol–water partition coefficient (Wildman–Crippen LogP) is 7.85. The number of urea groups is 1. The summed E-state index contributed by atoms with van der Waals surface area (Å²) in [7, 11) is 3.23. The lowest BCUT2D eigenvalue weighted by Gasteiger charge is -2.29. The number of carbonyl (C=O) groups excluding carboxylic acids is 2. The van der Waals surface area contributed by atoms with Gasteiger partial charge in [-0.3, -0.25) is 4.79 Å². The number of hydrogen-bond donors (Lipinski definition) is 1. The Bertz CT molecular complexity index is 1360. The lowest BCUT2D eigenvalue weighted by molar-refractivity contribution is -0.132. The highest BCUT2D eigenvalue weighted by Crippen LogP contribution is 2.33. The van der Waals surface area contributed by atoms with Crippen LogP contribution < -0.4 is 14.8 Å². The van der Waals surface area contributed by atoms with Crippen molar-refractivity contribution in [3.05, 3.63) is 75.0 Å². The quantitative estimate of drug-likeness (QED) is 0.153. The summed E-state index contributed by atoms with van der Waals surface area (Å²) >= 11 is 1.68. The van der Waals surface area contributed by atoms with E-state index in [0.29, 0.717) is 57.2 Å². The highest BCUT2D eigenvalue weighted by Gasteiger charge is 2.24. The van der Waals surface area contributed by atoms with Crippen molar-refractivity contribution >= 4 is 29.0 Å². The van der Waals surface area contributed by atoms with Crippen molar-refractivity contribution in [2.75, 3.05) is 52.4 Å². The molecule has 9 heteroatoms. The molecule has 0 spiro atoms. The minimum Gasteiger partial charge on any atom is -0.493 e. The molecule has 1 N–H and O–H groups in total. The number of para-hydroxylation sites is 1. The number of thiophene rings is 1. The topological polar surface area (TPSA) is 80.3 Å². The molecule has 2 aromatic carbocycles. The predicted molar refractivity (Wildman–Crippen MR) is 184 cm³/mol. The summed E-state index contributed by atoms with van der Waals surface area (Å²) in [6.07, 6.45) is 1.26. The third-order valence-electron chi connectivity index (χ3n) is 7.75. The van der Waals surface area contributed by atoms with E-state index >= 15 is 0 Å². The SMILES string of the molecule is CCOCCCN(CC(=O)N(CCc1ccc(OC)c(OC)c1)Cc1ccc(C)s1)C(=O)Nc1c(C(C)C)cccc1C(C)C. The van der Waals surface area contributed by atoms with Crippen LogP contribution in [0, 0.1) is 6.92 Å². The number of hydrogen-bond acceptors (Lipinski definition) is 6. The molecule has 0 bridgehead atoms. The molecule has 3 amide bonds. The van der Waals surface area contributed by atoms with Gasteiger partial charge >= 0.3 is 6.03 Å². The molecule has 0 saturated carbocycles. The Labute approximate surface area is 273 Å². The molecule has 0 atom stereocenters. The van der Waals surface area contributed by atoms with E-state index in [-0.39, 0.29) is 30.3 Å². The average molecular weight is 638 g/mol. The zero-order chi connectivity index (χ0) is 32.9. The first-order valence-electron chi connectivity index (χ1n) is 15.9. The molecule has 8 nitrogen and oxygen atoms in total. The van der Waals surface area contributed by atoms with Crippen molar-refractivity contribution in [1.29, 1.82) is 0 Å². The zero-order valence-corrected chi connectivity index (χ0v) is 29.1. The van der Waals surface area contributed by atoms with Gasteiger partial charge in [0.2, 0.25) is 5.91 Å². The maximum Gasteiger partial charge on any atom is 0.322 e. The zero-order valence-electron chi connectivity index (χ0n) is 28.3. The molecule has 0 unspecified atom stereocenters. The van der Waals surface area contributed by atoms with E-state index in [1.54, 1.807) is 30.5 Å². The molecule has 0 aliphatic heterocycles. The van der Waals surface area contributed by atoms with Gasteiger partial charge < -0.3 is 29.3 Å². The molecule has 3 aromatic rings. The van der Waals surface area contributed by atoms with Crippen LogP contribution in [0.25, 0.3) is 0 Å². The van der Waals surface area contributed by atoms with Crippen LogP contribution in [0.3, 0.4) is 0 Å². The molecule has 1 aromatic heterocycles. The number of nitrogens with one attached hydrogen (secondary N) is 1. The maximum atomic E-state index is 14.0. The highest BCUT2D eigenvalue weighted by atomic mass is 32.1. The van der Waals surface area contributed by atoms with Crippen LogP contribution in [0.2, 0.25) is 0 Å². The fourth-order valence-electron chi connectivity index (χ4n) is 5.25. The summed E-state index contributed by atoms with van der Waals surface area (Å²) in [5.74, 6) is 1.67. The first-order valence-corrected chi connectivity index (χ1v) is 16.7. The summed E-state index contributed by atoms with van der Waals surface area (Å²) in [5.41, 5.74) is 4.04. The lowest BCUT2D eigenvalue weighted by Crippen LogP contribution is -2.45. The summed E-state index contributed by atoms with van der Waals surface area (Å²) < 4.78 is 16.5. The molecule has 0 radical (unpaired) electrons. The minimum atomic E-state index is -0.276. The third kappa shape index (κ3) is 10.5. The molecular weight excluding hydrogens is 586 g/mol. The molecular formula is C36H51N3O5S.